The van der Waals surface area contributed by atoms with E-state index in [0.717, 1.165) is 0 Å². The van der Waals surface area contributed by atoms with E-state index in [1.54, 1.807) is 25.1 Å². The van der Waals surface area contributed by atoms with Crippen molar-refractivity contribution < 1.29 is 44.6 Å². The van der Waals surface area contributed by atoms with E-state index >= 15 is 0 Å². The first-order valence-corrected chi connectivity index (χ1v) is 12.3. The minimum atomic E-state index is -2.75. The highest BCUT2D eigenvalue weighted by Gasteiger charge is 2.58. The first kappa shape index (κ1) is 29.2. The third-order valence-electron chi connectivity index (χ3n) is 6.54. The Labute approximate surface area is 232 Å². The molecule has 1 aliphatic heterocycles. The lowest BCUT2D eigenvalue weighted by Crippen LogP contribution is -2.55. The molecule has 5 atom stereocenters. The number of carboxylic acids is 2. The van der Waals surface area contributed by atoms with Gasteiger partial charge in [-0.3, -0.25) is 4.57 Å². The van der Waals surface area contributed by atoms with Crippen LogP contribution in [0.15, 0.2) is 36.7 Å². The number of ether oxygens (including phenoxy) is 2. The largest absolute Gasteiger partial charge is 0.479 e. The van der Waals surface area contributed by atoms with Crippen molar-refractivity contribution >= 4 is 40.5 Å². The molecule has 2 aromatic heterocycles. The number of aliphatic hydroxyl groups is 3. The number of carbonyl (C=O) groups is 2. The number of carboxylic acid groups (broad SMARTS) is 2. The Morgan fingerprint density at radius 2 is 1.98 bits per heavy atom. The summed E-state index contributed by atoms with van der Waals surface area (Å²) < 4.78 is 12.5. The van der Waals surface area contributed by atoms with Gasteiger partial charge in [0.05, 0.1) is 19.5 Å². The van der Waals surface area contributed by atoms with Crippen molar-refractivity contribution in [2.75, 3.05) is 18.5 Å². The fourth-order valence-electron chi connectivity index (χ4n) is 4.29. The lowest BCUT2D eigenvalue weighted by Gasteiger charge is -2.30. The minimum absolute atomic E-state index is 0.0760. The van der Waals surface area contributed by atoms with Crippen LogP contribution >= 0.6 is 11.6 Å². The molecule has 14 nitrogen and oxygen atoms in total. The number of imidazole rings is 1. The molecule has 1 aliphatic rings. The zero-order chi connectivity index (χ0) is 29.2. The molecule has 40 heavy (non-hydrogen) atoms. The molecule has 1 saturated heterocycles. The van der Waals surface area contributed by atoms with E-state index < -0.39 is 60.6 Å². The molecule has 3 aromatic rings. The number of anilines is 1. The molecule has 6 N–H and O–H groups in total. The van der Waals surface area contributed by atoms with Gasteiger partial charge in [0.1, 0.15) is 12.2 Å². The van der Waals surface area contributed by atoms with Crippen LogP contribution < -0.4 is 5.32 Å². The second kappa shape index (κ2) is 11.3. The molecule has 0 aliphatic carbocycles. The second-order valence-electron chi connectivity index (χ2n) is 9.23. The van der Waals surface area contributed by atoms with Crippen molar-refractivity contribution in [1.82, 2.24) is 19.5 Å². The molecule has 0 amide bonds. The van der Waals surface area contributed by atoms with Crippen LogP contribution in [0.3, 0.4) is 0 Å². The van der Waals surface area contributed by atoms with Crippen molar-refractivity contribution in [3.8, 4) is 12.3 Å². The van der Waals surface area contributed by atoms with Gasteiger partial charge in [-0.25, -0.2) is 14.6 Å². The van der Waals surface area contributed by atoms with Crippen LogP contribution in [0.1, 0.15) is 18.7 Å². The van der Waals surface area contributed by atoms with Gasteiger partial charge in [0.25, 0.3) is 5.60 Å². The number of nitrogens with one attached hydrogen (secondary N) is 1. The zero-order valence-electron chi connectivity index (χ0n) is 21.0. The molecule has 1 aromatic carbocycles. The monoisotopic (exact) mass is 575 g/mol. The summed E-state index contributed by atoms with van der Waals surface area (Å²) in [6, 6.07) is 7.56. The Hall–Kier alpha value is -3.84. The van der Waals surface area contributed by atoms with Gasteiger partial charge >= 0.3 is 11.9 Å². The van der Waals surface area contributed by atoms with Crippen molar-refractivity contribution in [2.45, 2.75) is 49.0 Å². The van der Waals surface area contributed by atoms with Crippen molar-refractivity contribution in [2.24, 2.45) is 0 Å². The zero-order valence-corrected chi connectivity index (χ0v) is 21.8. The predicted molar refractivity (Wildman–Crippen MR) is 138 cm³/mol. The van der Waals surface area contributed by atoms with Gasteiger partial charge in [-0.05, 0) is 24.1 Å². The third-order valence-corrected chi connectivity index (χ3v) is 6.71. The second-order valence-corrected chi connectivity index (χ2v) is 9.57. The smallest absolute Gasteiger partial charge is 0.348 e. The average molecular weight is 576 g/mol. The molecule has 1 unspecified atom stereocenters. The maximum Gasteiger partial charge on any atom is 0.348 e. The first-order chi connectivity index (χ1) is 19.0. The normalized spacial score (nSPS) is 23.6. The Morgan fingerprint density at radius 3 is 2.58 bits per heavy atom. The topological polar surface area (TPSA) is 209 Å². The fourth-order valence-corrected chi connectivity index (χ4v) is 4.46. The van der Waals surface area contributed by atoms with Crippen molar-refractivity contribution in [3.63, 3.8) is 0 Å². The van der Waals surface area contributed by atoms with Gasteiger partial charge in [-0.15, -0.1) is 6.42 Å². The van der Waals surface area contributed by atoms with E-state index in [0.29, 0.717) is 5.56 Å². The SMILES string of the molecule is C#C[C@@]1(O)C(COC(Cc2ccccc2)(C(=O)O)C(=O)O)O[C@@H](n2cnc3c(N[C@H](C)CO)nc(Cl)nc32)[C@@H]1O. The number of hydrogen-bond acceptors (Lipinski definition) is 11. The van der Waals surface area contributed by atoms with Gasteiger partial charge < -0.3 is 40.3 Å². The summed E-state index contributed by atoms with van der Waals surface area (Å²) in [5.41, 5.74) is -4.54. The van der Waals surface area contributed by atoms with Crippen LogP contribution in [-0.4, -0.2) is 99.7 Å². The van der Waals surface area contributed by atoms with Crippen LogP contribution in [0.25, 0.3) is 11.2 Å². The summed E-state index contributed by atoms with van der Waals surface area (Å²) in [5, 5.41) is 54.0. The maximum absolute atomic E-state index is 12.2. The summed E-state index contributed by atoms with van der Waals surface area (Å²) in [5.74, 6) is -1.33. The number of rotatable bonds is 11. The molecule has 0 saturated carbocycles. The predicted octanol–water partition coefficient (Wildman–Crippen LogP) is 0.0623. The number of benzene rings is 1. The highest BCUT2D eigenvalue weighted by molar-refractivity contribution is 6.28. The molecule has 0 spiro atoms. The number of terminal acetylenes is 1. The third kappa shape index (κ3) is 5.18. The van der Waals surface area contributed by atoms with Crippen LogP contribution in [-0.2, 0) is 25.5 Å². The number of hydrogen-bond donors (Lipinski definition) is 6. The molecule has 0 radical (unpaired) electrons. The number of aliphatic hydroxyl groups excluding tert-OH is 2. The first-order valence-electron chi connectivity index (χ1n) is 11.9. The number of aromatic nitrogens is 4. The molecule has 1 fully saturated rings. The Morgan fingerprint density at radius 1 is 1.30 bits per heavy atom. The van der Waals surface area contributed by atoms with E-state index in [1.165, 1.54) is 23.0 Å². The highest BCUT2D eigenvalue weighted by atomic mass is 35.5. The molecule has 15 heteroatoms. The lowest BCUT2D eigenvalue weighted by atomic mass is 9.92. The minimum Gasteiger partial charge on any atom is -0.479 e. The van der Waals surface area contributed by atoms with Crippen LogP contribution in [0.2, 0.25) is 5.28 Å². The standard InChI is InChI=1S/C25H26ClN5O9/c1-3-24(38)15(11-39-25(21(34)35,22(36)37)9-14-7-5-4-6-8-14)40-20(17(24)33)31-12-27-16-18(28-13(2)10-32)29-23(26)30-19(16)31/h1,4-8,12-13,15,17,20,32-33,38H,9-11H2,2H3,(H,34,35)(H,36,37)(H,28,29,30)/t13-,15?,17+,20-,24-/m1/s1. The number of halogens is 1. The fraction of sp³-hybridized carbons (Fsp3) is 0.400. The number of aliphatic carboxylic acids is 2. The average Bonchev–Trinajstić information content (AvgIpc) is 3.45. The molecule has 212 valence electrons. The van der Waals surface area contributed by atoms with E-state index in [2.05, 4.69) is 26.2 Å². The van der Waals surface area contributed by atoms with E-state index in [-0.39, 0.29) is 28.9 Å². The summed E-state index contributed by atoms with van der Waals surface area (Å²) in [4.78, 5) is 36.8. The summed E-state index contributed by atoms with van der Waals surface area (Å²) >= 11 is 6.08. The van der Waals surface area contributed by atoms with E-state index in [9.17, 15) is 35.1 Å². The molecular weight excluding hydrogens is 550 g/mol. The summed E-state index contributed by atoms with van der Waals surface area (Å²) in [6.45, 7) is 0.652. The van der Waals surface area contributed by atoms with Gasteiger partial charge in [-0.1, -0.05) is 36.3 Å². The van der Waals surface area contributed by atoms with E-state index in [1.807, 2.05) is 0 Å². The number of nitrogens with zero attached hydrogens (tertiary/aromatic N) is 4. The van der Waals surface area contributed by atoms with Crippen LogP contribution in [0.5, 0.6) is 0 Å². The van der Waals surface area contributed by atoms with Crippen LogP contribution in [0.4, 0.5) is 5.82 Å². The Bertz CT molecular complexity index is 1430. The summed E-state index contributed by atoms with van der Waals surface area (Å²) in [6.07, 6.45) is 1.41. The molecule has 3 heterocycles. The quantitative estimate of drug-likeness (QED) is 0.102. The Kier molecular flexibility index (Phi) is 8.26. The van der Waals surface area contributed by atoms with Crippen molar-refractivity contribution in [1.29, 1.82) is 0 Å². The lowest BCUT2D eigenvalue weighted by molar-refractivity contribution is -0.191. The highest BCUT2D eigenvalue weighted by Crippen LogP contribution is 2.39. The summed E-state index contributed by atoms with van der Waals surface area (Å²) in [7, 11) is 0. The number of fused-ring (bicyclic) bond motifs is 1. The molecule has 4 rings (SSSR count). The van der Waals surface area contributed by atoms with E-state index in [4.69, 9.17) is 27.5 Å². The van der Waals surface area contributed by atoms with Gasteiger partial charge in [0.2, 0.25) is 5.28 Å². The van der Waals surface area contributed by atoms with Crippen molar-refractivity contribution in [3.05, 3.63) is 47.5 Å². The maximum atomic E-state index is 12.2. The molecular formula is C25H26ClN5O9. The van der Waals surface area contributed by atoms with Gasteiger partial charge in [-0.2, -0.15) is 9.97 Å². The van der Waals surface area contributed by atoms with Crippen LogP contribution in [0, 0.1) is 12.3 Å². The van der Waals surface area contributed by atoms with Gasteiger partial charge in [0.15, 0.2) is 28.8 Å². The van der Waals surface area contributed by atoms with Gasteiger partial charge in [0, 0.05) is 12.5 Å². The molecule has 0 bridgehead atoms. The Balaban J connectivity index is 1.66.